The summed E-state index contributed by atoms with van der Waals surface area (Å²) >= 11 is 0. The lowest BCUT2D eigenvalue weighted by atomic mass is 9.95. The molecule has 0 saturated heterocycles. The maximum absolute atomic E-state index is 11.1. The Morgan fingerprint density at radius 2 is 1.72 bits per heavy atom. The molecule has 0 spiro atoms. The number of aliphatic hydroxyl groups is 1. The molecule has 5 heteroatoms. The van der Waals surface area contributed by atoms with Crippen LogP contribution < -0.4 is 9.47 Å². The number of ether oxygens (including phenoxy) is 2. The second kappa shape index (κ2) is 4.97. The van der Waals surface area contributed by atoms with Crippen molar-refractivity contribution < 1.29 is 14.6 Å². The molecule has 1 aliphatic heterocycles. The first-order valence-electron chi connectivity index (χ1n) is 8.07. The van der Waals surface area contributed by atoms with Crippen LogP contribution in [0.3, 0.4) is 0 Å². The highest BCUT2D eigenvalue weighted by molar-refractivity contribution is 6.01. The molecule has 4 aromatic rings. The van der Waals surface area contributed by atoms with Crippen LogP contribution in [-0.4, -0.2) is 28.9 Å². The number of fused-ring (bicyclic) bond motifs is 4. The molecule has 0 bridgehead atoms. The van der Waals surface area contributed by atoms with Crippen molar-refractivity contribution in [3.8, 4) is 22.9 Å². The molecule has 5 nitrogen and oxygen atoms in total. The molecule has 1 atom stereocenters. The van der Waals surface area contributed by atoms with Crippen molar-refractivity contribution in [3.63, 3.8) is 0 Å². The minimum Gasteiger partial charge on any atom is -0.493 e. The Kier molecular flexibility index (Phi) is 2.85. The van der Waals surface area contributed by atoms with E-state index in [0.717, 1.165) is 38.8 Å². The van der Waals surface area contributed by atoms with E-state index < -0.39 is 6.23 Å². The van der Waals surface area contributed by atoms with Gasteiger partial charge >= 0.3 is 0 Å². The molecule has 1 aromatic heterocycles. The molecule has 1 aliphatic rings. The number of hydrogen-bond donors (Lipinski definition) is 1. The van der Waals surface area contributed by atoms with Crippen LogP contribution in [0, 0.1) is 0 Å². The summed E-state index contributed by atoms with van der Waals surface area (Å²) in [4.78, 5) is 4.78. The molecule has 1 unspecified atom stereocenters. The van der Waals surface area contributed by atoms with E-state index in [1.54, 1.807) is 14.2 Å². The normalized spacial score (nSPS) is 15.4. The van der Waals surface area contributed by atoms with E-state index in [9.17, 15) is 5.11 Å². The Hall–Kier alpha value is -3.05. The van der Waals surface area contributed by atoms with Crippen LogP contribution in [0.15, 0.2) is 48.5 Å². The summed E-state index contributed by atoms with van der Waals surface area (Å²) in [7, 11) is 3.20. The second-order valence-corrected chi connectivity index (χ2v) is 6.13. The lowest BCUT2D eigenvalue weighted by Gasteiger charge is -2.25. The van der Waals surface area contributed by atoms with Gasteiger partial charge in [-0.2, -0.15) is 0 Å². The van der Waals surface area contributed by atoms with E-state index in [4.69, 9.17) is 14.5 Å². The van der Waals surface area contributed by atoms with Gasteiger partial charge in [0.15, 0.2) is 17.7 Å². The summed E-state index contributed by atoms with van der Waals surface area (Å²) in [5.74, 6) is 1.99. The first-order valence-corrected chi connectivity index (χ1v) is 8.07. The number of imidazole rings is 1. The van der Waals surface area contributed by atoms with Crippen molar-refractivity contribution in [2.24, 2.45) is 0 Å². The van der Waals surface area contributed by atoms with Crippen LogP contribution in [0.2, 0.25) is 0 Å². The number of aliphatic hydroxyl groups excluding tert-OH is 1. The molecule has 0 aliphatic carbocycles. The molecule has 0 amide bonds. The van der Waals surface area contributed by atoms with Crippen LogP contribution in [-0.2, 0) is 0 Å². The Morgan fingerprint density at radius 1 is 1.00 bits per heavy atom. The maximum atomic E-state index is 11.1. The van der Waals surface area contributed by atoms with E-state index >= 15 is 0 Å². The maximum Gasteiger partial charge on any atom is 0.163 e. The number of methoxy groups -OCH3 is 2. The molecular weight excluding hydrogens is 316 g/mol. The van der Waals surface area contributed by atoms with Gasteiger partial charge in [0.25, 0.3) is 0 Å². The smallest absolute Gasteiger partial charge is 0.163 e. The Morgan fingerprint density at radius 3 is 2.48 bits per heavy atom. The standard InChI is InChI=1S/C20H16N2O3/c1-24-16-9-14-15(10-17(16)25-2)22-19(21-14)12-7-3-5-11-6-4-8-13(18(11)12)20(22)23/h3-10,20,23H,1-2H3. The van der Waals surface area contributed by atoms with Crippen LogP contribution in [0.1, 0.15) is 11.8 Å². The summed E-state index contributed by atoms with van der Waals surface area (Å²) in [6.45, 7) is 0. The van der Waals surface area contributed by atoms with Gasteiger partial charge in [-0.05, 0) is 5.39 Å². The summed E-state index contributed by atoms with van der Waals surface area (Å²) < 4.78 is 12.7. The third-order valence-corrected chi connectivity index (χ3v) is 4.90. The fraction of sp³-hybridized carbons (Fsp3) is 0.150. The summed E-state index contributed by atoms with van der Waals surface area (Å²) in [6.07, 6.45) is -0.795. The number of aromatic nitrogens is 2. The molecule has 0 radical (unpaired) electrons. The number of hydrogen-bond acceptors (Lipinski definition) is 4. The predicted octanol–water partition coefficient (Wildman–Crippen LogP) is 3.73. The first-order chi connectivity index (χ1) is 12.2. The van der Waals surface area contributed by atoms with Crippen LogP contribution >= 0.6 is 0 Å². The van der Waals surface area contributed by atoms with Crippen molar-refractivity contribution >= 4 is 21.8 Å². The number of rotatable bonds is 2. The van der Waals surface area contributed by atoms with Crippen molar-refractivity contribution in [1.82, 2.24) is 9.55 Å². The van der Waals surface area contributed by atoms with Crippen molar-refractivity contribution in [3.05, 3.63) is 54.1 Å². The fourth-order valence-corrected chi connectivity index (χ4v) is 3.77. The zero-order valence-corrected chi connectivity index (χ0v) is 13.9. The molecule has 5 rings (SSSR count). The van der Waals surface area contributed by atoms with E-state index in [2.05, 4.69) is 12.1 Å². The molecule has 0 fully saturated rings. The monoisotopic (exact) mass is 332 g/mol. The van der Waals surface area contributed by atoms with Gasteiger partial charge in [-0.3, -0.25) is 4.57 Å². The Labute approximate surface area is 144 Å². The van der Waals surface area contributed by atoms with Gasteiger partial charge < -0.3 is 14.6 Å². The number of benzene rings is 3. The Bertz CT molecular complexity index is 1140. The largest absolute Gasteiger partial charge is 0.493 e. The summed E-state index contributed by atoms with van der Waals surface area (Å²) in [5, 5.41) is 13.2. The van der Waals surface area contributed by atoms with Gasteiger partial charge in [0.1, 0.15) is 5.82 Å². The summed E-state index contributed by atoms with van der Waals surface area (Å²) in [5.41, 5.74) is 3.48. The molecule has 124 valence electrons. The van der Waals surface area contributed by atoms with Gasteiger partial charge in [-0.1, -0.05) is 36.4 Å². The zero-order valence-electron chi connectivity index (χ0n) is 13.9. The molecule has 3 aromatic carbocycles. The SMILES string of the molecule is COc1cc2nc3n(c2cc1OC)C(O)c1cccc2cccc-3c12. The van der Waals surface area contributed by atoms with Crippen LogP contribution in [0.5, 0.6) is 11.5 Å². The first kappa shape index (κ1) is 14.3. The Balaban J connectivity index is 1.92. The third kappa shape index (κ3) is 1.78. The molecule has 1 N–H and O–H groups in total. The van der Waals surface area contributed by atoms with E-state index in [1.807, 2.05) is 41.0 Å². The van der Waals surface area contributed by atoms with Crippen molar-refractivity contribution in [2.75, 3.05) is 14.2 Å². The number of nitrogens with zero attached hydrogens (tertiary/aromatic N) is 2. The second-order valence-electron chi connectivity index (χ2n) is 6.13. The minimum atomic E-state index is -0.795. The van der Waals surface area contributed by atoms with E-state index in [-0.39, 0.29) is 0 Å². The molecule has 2 heterocycles. The van der Waals surface area contributed by atoms with Gasteiger partial charge in [-0.15, -0.1) is 0 Å². The predicted molar refractivity (Wildman–Crippen MR) is 96.1 cm³/mol. The van der Waals surface area contributed by atoms with Crippen molar-refractivity contribution in [2.45, 2.75) is 6.23 Å². The highest BCUT2D eigenvalue weighted by Gasteiger charge is 2.28. The van der Waals surface area contributed by atoms with Gasteiger partial charge in [0.2, 0.25) is 0 Å². The quantitative estimate of drug-likeness (QED) is 0.608. The molecule has 25 heavy (non-hydrogen) atoms. The van der Waals surface area contributed by atoms with Crippen LogP contribution in [0.4, 0.5) is 0 Å². The fourth-order valence-electron chi connectivity index (χ4n) is 3.77. The van der Waals surface area contributed by atoms with Crippen molar-refractivity contribution in [1.29, 1.82) is 0 Å². The van der Waals surface area contributed by atoms with E-state index in [0.29, 0.717) is 11.5 Å². The average Bonchev–Trinajstić information content (AvgIpc) is 3.03. The summed E-state index contributed by atoms with van der Waals surface area (Å²) in [6, 6.07) is 15.8. The molecular formula is C20H16N2O3. The minimum absolute atomic E-state index is 0.613. The van der Waals surface area contributed by atoms with Crippen LogP contribution in [0.25, 0.3) is 33.2 Å². The topological polar surface area (TPSA) is 56.5 Å². The van der Waals surface area contributed by atoms with Gasteiger partial charge in [-0.25, -0.2) is 4.98 Å². The zero-order chi connectivity index (χ0) is 17.1. The highest BCUT2D eigenvalue weighted by atomic mass is 16.5. The average molecular weight is 332 g/mol. The van der Waals surface area contributed by atoms with Gasteiger partial charge in [0, 0.05) is 28.6 Å². The lowest BCUT2D eigenvalue weighted by Crippen LogP contribution is -2.16. The van der Waals surface area contributed by atoms with Gasteiger partial charge in [0.05, 0.1) is 25.3 Å². The highest BCUT2D eigenvalue weighted by Crippen LogP contribution is 2.43. The third-order valence-electron chi connectivity index (χ3n) is 4.90. The molecule has 0 saturated carbocycles. The van der Waals surface area contributed by atoms with E-state index in [1.165, 1.54) is 0 Å². The lowest BCUT2D eigenvalue weighted by molar-refractivity contribution is 0.152.